The highest BCUT2D eigenvalue weighted by molar-refractivity contribution is 5.97. The van der Waals surface area contributed by atoms with Crippen molar-refractivity contribution in [2.24, 2.45) is 0 Å². The summed E-state index contributed by atoms with van der Waals surface area (Å²) in [6, 6.07) is 65.0. The number of nitrogens with zero attached hydrogens (tertiary/aromatic N) is 1. The van der Waals surface area contributed by atoms with E-state index in [-0.39, 0.29) is 5.41 Å². The zero-order valence-electron chi connectivity index (χ0n) is 33.3. The molecule has 0 heterocycles. The summed E-state index contributed by atoms with van der Waals surface area (Å²) >= 11 is 0. The molecule has 3 aliphatic carbocycles. The summed E-state index contributed by atoms with van der Waals surface area (Å²) in [5.74, 6) is 0. The second-order valence-electron chi connectivity index (χ2n) is 15.4. The molecule has 0 aromatic heterocycles. The number of benzene rings is 8. The Balaban J connectivity index is 1.20. The van der Waals surface area contributed by atoms with Gasteiger partial charge in [-0.3, -0.25) is 0 Å². The Morgan fingerprint density at radius 3 is 1.35 bits per heavy atom. The minimum atomic E-state index is -2.28. The van der Waals surface area contributed by atoms with Crippen molar-refractivity contribution in [1.29, 1.82) is 0 Å². The lowest BCUT2D eigenvalue weighted by Crippen LogP contribution is -2.26. The second kappa shape index (κ2) is 11.3. The van der Waals surface area contributed by atoms with Crippen LogP contribution in [-0.4, -0.2) is 0 Å². The van der Waals surface area contributed by atoms with E-state index in [0.29, 0.717) is 11.1 Å². The number of fused-ring (bicyclic) bond motifs is 13. The molecule has 1 heteroatoms. The summed E-state index contributed by atoms with van der Waals surface area (Å²) in [7, 11) is 0. The predicted octanol–water partition coefficient (Wildman–Crippen LogP) is 13.8. The molecule has 0 N–H and O–H groups in total. The molecule has 0 fully saturated rings. The Bertz CT molecular complexity index is 2890. The lowest BCUT2D eigenvalue weighted by molar-refractivity contribution is 0.660. The van der Waals surface area contributed by atoms with Gasteiger partial charge in [-0.2, -0.15) is 0 Å². The van der Waals surface area contributed by atoms with Crippen molar-refractivity contribution in [2.45, 2.75) is 31.5 Å². The number of aryl methyl sites for hydroxylation is 1. The van der Waals surface area contributed by atoms with Crippen molar-refractivity contribution in [3.63, 3.8) is 0 Å². The van der Waals surface area contributed by atoms with E-state index in [1.54, 1.807) is 6.07 Å². The number of rotatable bonds is 4. The fraction of sp³-hybridized carbons (Fsp3) is 0.0943. The van der Waals surface area contributed by atoms with Gasteiger partial charge >= 0.3 is 0 Å². The first kappa shape index (κ1) is 28.1. The van der Waals surface area contributed by atoms with Crippen molar-refractivity contribution in [3.05, 3.63) is 221 Å². The average Bonchev–Trinajstić information content (AvgIpc) is 3.79. The molecule has 54 heavy (non-hydrogen) atoms. The summed E-state index contributed by atoms with van der Waals surface area (Å²) in [6.07, 6.45) is 0. The number of hydrogen-bond acceptors (Lipinski definition) is 1. The molecule has 0 aliphatic heterocycles. The van der Waals surface area contributed by atoms with E-state index >= 15 is 0 Å². The van der Waals surface area contributed by atoms with Gasteiger partial charge in [-0.1, -0.05) is 166 Å². The van der Waals surface area contributed by atoms with E-state index in [9.17, 15) is 0 Å². The van der Waals surface area contributed by atoms with Gasteiger partial charge < -0.3 is 4.90 Å². The van der Waals surface area contributed by atoms with Crippen LogP contribution >= 0.6 is 0 Å². The smallest absolute Gasteiger partial charge is 0.0726 e. The molecule has 0 saturated carbocycles. The lowest BCUT2D eigenvalue weighted by Gasteiger charge is -2.33. The van der Waals surface area contributed by atoms with E-state index in [1.807, 2.05) is 24.3 Å². The summed E-state index contributed by atoms with van der Waals surface area (Å²) in [4.78, 5) is 2.36. The van der Waals surface area contributed by atoms with Crippen molar-refractivity contribution in [3.8, 4) is 44.5 Å². The maximum Gasteiger partial charge on any atom is 0.0726 e. The van der Waals surface area contributed by atoms with Gasteiger partial charge in [-0.25, -0.2) is 0 Å². The third kappa shape index (κ3) is 4.04. The van der Waals surface area contributed by atoms with Crippen LogP contribution in [0.25, 0.3) is 44.5 Å². The number of hydrogen-bond donors (Lipinski definition) is 0. The van der Waals surface area contributed by atoms with Crippen molar-refractivity contribution < 1.29 is 4.11 Å². The van der Waals surface area contributed by atoms with Crippen LogP contribution in [0.15, 0.2) is 182 Å². The van der Waals surface area contributed by atoms with Crippen LogP contribution in [0, 0.1) is 6.85 Å². The van der Waals surface area contributed by atoms with Crippen LogP contribution in [0.3, 0.4) is 0 Å². The SMILES string of the molecule is [2H]C([2H])([2H])c1ccccc1-c1ccccc1N(c1ccc2c(c1)C(C)(C)c1ccccc1-2)c1ccc2c(c1)C1(c3ccccc3-c3ccccc31)c1ccccc1-2. The molecule has 1 nitrogen and oxygen atoms in total. The van der Waals surface area contributed by atoms with Gasteiger partial charge in [-0.15, -0.1) is 0 Å². The predicted molar refractivity (Wildman–Crippen MR) is 225 cm³/mol. The second-order valence-corrected chi connectivity index (χ2v) is 15.4. The molecule has 8 aromatic carbocycles. The minimum absolute atomic E-state index is 0.206. The van der Waals surface area contributed by atoms with Gasteiger partial charge in [0.25, 0.3) is 0 Å². The maximum atomic E-state index is 8.54. The highest BCUT2D eigenvalue weighted by atomic mass is 15.1. The van der Waals surface area contributed by atoms with Crippen molar-refractivity contribution in [1.82, 2.24) is 0 Å². The van der Waals surface area contributed by atoms with Gasteiger partial charge in [0.05, 0.1) is 11.1 Å². The molecule has 0 atom stereocenters. The Morgan fingerprint density at radius 2 is 0.778 bits per heavy atom. The van der Waals surface area contributed by atoms with Gasteiger partial charge in [0, 0.05) is 26.5 Å². The first-order valence-electron chi connectivity index (χ1n) is 20.4. The van der Waals surface area contributed by atoms with Crippen LogP contribution in [0.5, 0.6) is 0 Å². The molecule has 0 amide bonds. The molecule has 0 saturated heterocycles. The average molecular weight is 693 g/mol. The zero-order valence-corrected chi connectivity index (χ0v) is 30.3. The third-order valence-electron chi connectivity index (χ3n) is 12.4. The van der Waals surface area contributed by atoms with Gasteiger partial charge in [-0.05, 0) is 115 Å². The van der Waals surface area contributed by atoms with Crippen molar-refractivity contribution in [2.75, 3.05) is 4.90 Å². The Kier molecular flexibility index (Phi) is 5.87. The van der Waals surface area contributed by atoms with E-state index in [2.05, 4.69) is 170 Å². The molecule has 256 valence electrons. The Morgan fingerprint density at radius 1 is 0.370 bits per heavy atom. The van der Waals surface area contributed by atoms with Crippen LogP contribution in [0.2, 0.25) is 0 Å². The number of para-hydroxylation sites is 1. The van der Waals surface area contributed by atoms with Crippen molar-refractivity contribution >= 4 is 17.1 Å². The van der Waals surface area contributed by atoms with Crippen LogP contribution in [0.1, 0.15) is 56.9 Å². The van der Waals surface area contributed by atoms with E-state index in [0.717, 1.165) is 22.6 Å². The fourth-order valence-corrected chi connectivity index (χ4v) is 10.1. The fourth-order valence-electron chi connectivity index (χ4n) is 10.1. The standard InChI is InChI=1S/C53H39N/c1-34-16-4-5-17-37(34)44-22-10-15-27-51(44)54(35-28-30-42-38-18-6-11-23-45(38)52(2,3)49(42)32-35)36-29-31-43-41-21-9-14-26-48(41)53(50(43)33-36)46-24-12-7-19-39(46)40-20-8-13-25-47(40)53/h4-33H,1-3H3/i1D3. The monoisotopic (exact) mass is 692 g/mol. The lowest BCUT2D eigenvalue weighted by atomic mass is 9.70. The summed E-state index contributed by atoms with van der Waals surface area (Å²) < 4.78 is 25.6. The van der Waals surface area contributed by atoms with Crippen LogP contribution in [-0.2, 0) is 10.8 Å². The Labute approximate surface area is 322 Å². The molecule has 8 aromatic rings. The van der Waals surface area contributed by atoms with Gasteiger partial charge in [0.2, 0.25) is 0 Å². The van der Waals surface area contributed by atoms with E-state index < -0.39 is 12.3 Å². The molecule has 0 bridgehead atoms. The molecule has 0 radical (unpaired) electrons. The molecule has 11 rings (SSSR count). The normalized spacial score (nSPS) is 15.6. The third-order valence-corrected chi connectivity index (χ3v) is 12.4. The molecule has 3 aliphatic rings. The largest absolute Gasteiger partial charge is 0.310 e. The van der Waals surface area contributed by atoms with E-state index in [4.69, 9.17) is 4.11 Å². The topological polar surface area (TPSA) is 3.24 Å². The minimum Gasteiger partial charge on any atom is -0.310 e. The summed E-state index contributed by atoms with van der Waals surface area (Å²) in [5.41, 5.74) is 19.4. The van der Waals surface area contributed by atoms with E-state index in [1.165, 1.54) is 66.8 Å². The molecular weight excluding hydrogens is 651 g/mol. The Hall–Kier alpha value is -6.44. The first-order chi connectivity index (χ1) is 27.7. The highest BCUT2D eigenvalue weighted by Gasteiger charge is 2.51. The first-order valence-corrected chi connectivity index (χ1v) is 18.9. The van der Waals surface area contributed by atoms with Crippen LogP contribution in [0.4, 0.5) is 17.1 Å². The summed E-state index contributed by atoms with van der Waals surface area (Å²) in [5, 5.41) is 0. The highest BCUT2D eigenvalue weighted by Crippen LogP contribution is 2.63. The summed E-state index contributed by atoms with van der Waals surface area (Å²) in [6.45, 7) is 2.35. The molecule has 0 unspecified atom stereocenters. The maximum absolute atomic E-state index is 8.54. The molecule has 1 spiro atoms. The number of anilines is 3. The van der Waals surface area contributed by atoms with Crippen LogP contribution < -0.4 is 4.90 Å². The molecular formula is C53H39N. The quantitative estimate of drug-likeness (QED) is 0.177. The zero-order chi connectivity index (χ0) is 38.7. The van der Waals surface area contributed by atoms with Gasteiger partial charge in [0.15, 0.2) is 0 Å². The van der Waals surface area contributed by atoms with Gasteiger partial charge in [0.1, 0.15) is 0 Å².